The molecule has 1 aliphatic heterocycles. The van der Waals surface area contributed by atoms with Crippen LogP contribution < -0.4 is 5.32 Å². The van der Waals surface area contributed by atoms with E-state index in [2.05, 4.69) is 10.4 Å². The molecule has 1 N–H and O–H groups in total. The Bertz CT molecular complexity index is 583. The highest BCUT2D eigenvalue weighted by atomic mass is 35.5. The third-order valence-corrected chi connectivity index (χ3v) is 4.44. The summed E-state index contributed by atoms with van der Waals surface area (Å²) in [7, 11) is 0. The van der Waals surface area contributed by atoms with Gasteiger partial charge in [0.05, 0.1) is 22.9 Å². The predicted octanol–water partition coefficient (Wildman–Crippen LogP) is 3.11. The number of alkyl halides is 3. The zero-order chi connectivity index (χ0) is 17.4. The summed E-state index contributed by atoms with van der Waals surface area (Å²) in [5.74, 6) is -0.427. The van der Waals surface area contributed by atoms with Crippen LogP contribution in [-0.4, -0.2) is 34.4 Å². The van der Waals surface area contributed by atoms with E-state index in [1.54, 1.807) is 0 Å². The van der Waals surface area contributed by atoms with Crippen molar-refractivity contribution in [2.24, 2.45) is 0 Å². The summed E-state index contributed by atoms with van der Waals surface area (Å²) >= 11 is 5.70. The second-order valence-corrected chi connectivity index (χ2v) is 6.09. The maximum atomic E-state index is 12.8. The molecule has 0 bridgehead atoms. The van der Waals surface area contributed by atoms with E-state index in [1.807, 2.05) is 6.92 Å². The lowest BCUT2D eigenvalue weighted by Gasteiger charge is -2.22. The second-order valence-electron chi connectivity index (χ2n) is 5.72. The molecule has 0 unspecified atom stereocenters. The summed E-state index contributed by atoms with van der Waals surface area (Å²) in [5.41, 5.74) is -1.07. The highest BCUT2D eigenvalue weighted by molar-refractivity contribution is 6.32. The summed E-state index contributed by atoms with van der Waals surface area (Å²) in [4.78, 5) is 12.3. The smallest absolute Gasteiger partial charge is 0.376 e. The first-order valence-electron chi connectivity index (χ1n) is 7.36. The topological polar surface area (TPSA) is 56.2 Å². The number of carbonyl (C=O) groups excluding carboxylic acids is 1. The van der Waals surface area contributed by atoms with E-state index in [1.165, 1.54) is 13.8 Å². The molecule has 1 aromatic rings. The number of amides is 1. The van der Waals surface area contributed by atoms with Gasteiger partial charge in [0.1, 0.15) is 6.04 Å². The van der Waals surface area contributed by atoms with E-state index in [4.69, 9.17) is 16.3 Å². The molecule has 1 aliphatic rings. The Morgan fingerprint density at radius 1 is 1.48 bits per heavy atom. The van der Waals surface area contributed by atoms with E-state index >= 15 is 0 Å². The number of hydrogen-bond acceptors (Lipinski definition) is 3. The van der Waals surface area contributed by atoms with Crippen LogP contribution in [0.5, 0.6) is 0 Å². The molecular formula is C14H19ClF3N3O2. The van der Waals surface area contributed by atoms with E-state index in [0.717, 1.165) is 17.5 Å². The average molecular weight is 354 g/mol. The van der Waals surface area contributed by atoms with Gasteiger partial charge >= 0.3 is 6.18 Å². The zero-order valence-corrected chi connectivity index (χ0v) is 13.8. The number of carbonyl (C=O) groups is 1. The summed E-state index contributed by atoms with van der Waals surface area (Å²) in [6.07, 6.45) is -2.95. The van der Waals surface area contributed by atoms with E-state index in [-0.39, 0.29) is 17.8 Å². The van der Waals surface area contributed by atoms with Crippen LogP contribution in [0.3, 0.4) is 0 Å². The number of ether oxygens (including phenoxy) is 1. The lowest BCUT2D eigenvalue weighted by molar-refractivity contribution is -0.142. The highest BCUT2D eigenvalue weighted by Crippen LogP contribution is 2.36. The van der Waals surface area contributed by atoms with Gasteiger partial charge in [-0.05, 0) is 33.6 Å². The maximum Gasteiger partial charge on any atom is 0.436 e. The number of rotatable bonds is 4. The monoisotopic (exact) mass is 353 g/mol. The largest absolute Gasteiger partial charge is 0.436 e. The third-order valence-electron chi connectivity index (χ3n) is 3.98. The number of hydrogen-bond donors (Lipinski definition) is 1. The minimum absolute atomic E-state index is 0.0702. The normalized spacial score (nSPS) is 21.3. The summed E-state index contributed by atoms with van der Waals surface area (Å²) in [6, 6.07) is -1.13. The fourth-order valence-corrected chi connectivity index (χ4v) is 2.83. The van der Waals surface area contributed by atoms with Gasteiger partial charge in [-0.25, -0.2) is 0 Å². The fraction of sp³-hybridized carbons (Fsp3) is 0.714. The Balaban J connectivity index is 2.13. The molecule has 0 spiro atoms. The Morgan fingerprint density at radius 3 is 2.61 bits per heavy atom. The Labute approximate surface area is 137 Å². The molecule has 1 fully saturated rings. The van der Waals surface area contributed by atoms with Crippen LogP contribution in [-0.2, 0) is 15.7 Å². The second kappa shape index (κ2) is 6.68. The summed E-state index contributed by atoms with van der Waals surface area (Å²) in [5, 5.41) is 5.76. The van der Waals surface area contributed by atoms with Gasteiger partial charge in [0.2, 0.25) is 5.91 Å². The molecule has 1 saturated heterocycles. The van der Waals surface area contributed by atoms with Crippen LogP contribution in [0, 0.1) is 6.92 Å². The molecule has 130 valence electrons. The van der Waals surface area contributed by atoms with Crippen molar-refractivity contribution >= 4 is 17.5 Å². The van der Waals surface area contributed by atoms with Crippen molar-refractivity contribution in [3.8, 4) is 0 Å². The molecule has 0 aromatic carbocycles. The van der Waals surface area contributed by atoms with Crippen molar-refractivity contribution in [2.75, 3.05) is 6.61 Å². The predicted molar refractivity (Wildman–Crippen MR) is 78.3 cm³/mol. The summed E-state index contributed by atoms with van der Waals surface area (Å²) < 4.78 is 45.0. The first-order valence-corrected chi connectivity index (χ1v) is 7.74. The molecule has 2 heterocycles. The first-order chi connectivity index (χ1) is 10.6. The molecule has 9 heteroatoms. The highest BCUT2D eigenvalue weighted by Gasteiger charge is 2.39. The average Bonchev–Trinajstić information content (AvgIpc) is 3.07. The molecule has 1 amide bonds. The maximum absolute atomic E-state index is 12.8. The van der Waals surface area contributed by atoms with Crippen LogP contribution in [0.25, 0.3) is 0 Å². The molecule has 2 rings (SSSR count). The van der Waals surface area contributed by atoms with Gasteiger partial charge in [-0.15, -0.1) is 0 Å². The van der Waals surface area contributed by atoms with Crippen molar-refractivity contribution in [3.63, 3.8) is 0 Å². The van der Waals surface area contributed by atoms with Crippen molar-refractivity contribution in [1.82, 2.24) is 15.1 Å². The quantitative estimate of drug-likeness (QED) is 0.905. The van der Waals surface area contributed by atoms with Gasteiger partial charge in [-0.2, -0.15) is 18.3 Å². The van der Waals surface area contributed by atoms with Crippen molar-refractivity contribution < 1.29 is 22.7 Å². The lowest BCUT2D eigenvalue weighted by atomic mass is 10.1. The van der Waals surface area contributed by atoms with Gasteiger partial charge < -0.3 is 10.1 Å². The van der Waals surface area contributed by atoms with E-state index in [9.17, 15) is 18.0 Å². The fourth-order valence-electron chi connectivity index (χ4n) is 2.60. The molecule has 0 saturated carbocycles. The van der Waals surface area contributed by atoms with Gasteiger partial charge in [0, 0.05) is 6.61 Å². The van der Waals surface area contributed by atoms with Gasteiger partial charge in [0.25, 0.3) is 0 Å². The molecule has 0 aliphatic carbocycles. The van der Waals surface area contributed by atoms with Crippen LogP contribution in [0.4, 0.5) is 13.2 Å². The van der Waals surface area contributed by atoms with Gasteiger partial charge in [0.15, 0.2) is 5.69 Å². The standard InChI is InChI=1S/C14H19ClF3N3O2/c1-7(10-5-4-6-23-10)19-13(22)9(3)21-8(2)11(15)12(20-21)14(16,17)18/h7,9-10H,4-6H2,1-3H3,(H,19,22)/t7-,9+,10-/m0/s1. The SMILES string of the molecule is Cc1c(Cl)c(C(F)(F)F)nn1[C@H](C)C(=O)N[C@@H](C)[C@@H]1CCCO1. The van der Waals surface area contributed by atoms with Gasteiger partial charge in [-0.3, -0.25) is 9.48 Å². The van der Waals surface area contributed by atoms with Crippen LogP contribution in [0.15, 0.2) is 0 Å². The molecule has 3 atom stereocenters. The molecule has 23 heavy (non-hydrogen) atoms. The first kappa shape index (κ1) is 18.1. The minimum atomic E-state index is -4.66. The van der Waals surface area contributed by atoms with Crippen LogP contribution >= 0.6 is 11.6 Å². The van der Waals surface area contributed by atoms with Crippen LogP contribution in [0.1, 0.15) is 44.1 Å². The van der Waals surface area contributed by atoms with Crippen LogP contribution in [0.2, 0.25) is 5.02 Å². The molecule has 1 aromatic heterocycles. The molecule has 5 nitrogen and oxygen atoms in total. The molecular weight excluding hydrogens is 335 g/mol. The van der Waals surface area contributed by atoms with Gasteiger partial charge in [-0.1, -0.05) is 11.6 Å². The Kier molecular flexibility index (Phi) is 5.25. The zero-order valence-electron chi connectivity index (χ0n) is 13.1. The minimum Gasteiger partial charge on any atom is -0.376 e. The van der Waals surface area contributed by atoms with E-state index < -0.39 is 28.8 Å². The summed E-state index contributed by atoms with van der Waals surface area (Å²) in [6.45, 7) is 5.35. The number of nitrogens with zero attached hydrogens (tertiary/aromatic N) is 2. The lowest BCUT2D eigenvalue weighted by Crippen LogP contribution is -2.43. The number of nitrogens with one attached hydrogen (secondary N) is 1. The van der Waals surface area contributed by atoms with E-state index in [0.29, 0.717) is 6.61 Å². The number of aromatic nitrogens is 2. The Hall–Kier alpha value is -1.28. The van der Waals surface area contributed by atoms with Crippen molar-refractivity contribution in [3.05, 3.63) is 16.4 Å². The van der Waals surface area contributed by atoms with Crippen molar-refractivity contribution in [1.29, 1.82) is 0 Å². The third kappa shape index (κ3) is 3.80. The van der Waals surface area contributed by atoms with Crippen molar-refractivity contribution in [2.45, 2.75) is 58.0 Å². The molecule has 0 radical (unpaired) electrons. The number of halogens is 4. The Morgan fingerprint density at radius 2 is 2.13 bits per heavy atom.